The smallest absolute Gasteiger partial charge is 0.252 e. The maximum absolute atomic E-state index is 12.7. The number of hydrogen-bond donors (Lipinski definition) is 2. The van der Waals surface area contributed by atoms with E-state index < -0.39 is 0 Å². The molecule has 1 saturated carbocycles. The lowest BCUT2D eigenvalue weighted by Crippen LogP contribution is -2.40. The van der Waals surface area contributed by atoms with Crippen molar-refractivity contribution in [2.45, 2.75) is 25.3 Å². The van der Waals surface area contributed by atoms with Crippen LogP contribution in [0.2, 0.25) is 0 Å². The average Bonchev–Trinajstić information content (AvgIpc) is 3.09. The van der Waals surface area contributed by atoms with Crippen molar-refractivity contribution in [3.05, 3.63) is 71.3 Å². The summed E-state index contributed by atoms with van der Waals surface area (Å²) in [6.45, 7) is 0.579. The zero-order valence-corrected chi connectivity index (χ0v) is 13.6. The molecule has 24 heavy (non-hydrogen) atoms. The number of benzene rings is 2. The van der Waals surface area contributed by atoms with E-state index in [-0.39, 0.29) is 17.7 Å². The summed E-state index contributed by atoms with van der Waals surface area (Å²) < 4.78 is 0. The molecule has 0 aromatic heterocycles. The molecule has 124 valence electrons. The number of nitrogens with two attached hydrogens (primary N) is 1. The SMILES string of the molecule is NCC1CCCC1NC(=O)c1ccccc1C(=O)c1ccccc1. The Hall–Kier alpha value is -2.46. The summed E-state index contributed by atoms with van der Waals surface area (Å²) in [6.07, 6.45) is 3.08. The van der Waals surface area contributed by atoms with Gasteiger partial charge in [0.25, 0.3) is 5.91 Å². The molecule has 1 fully saturated rings. The Morgan fingerprint density at radius 1 is 0.958 bits per heavy atom. The van der Waals surface area contributed by atoms with Crippen LogP contribution in [0.15, 0.2) is 54.6 Å². The third kappa shape index (κ3) is 3.39. The van der Waals surface area contributed by atoms with Gasteiger partial charge in [-0.2, -0.15) is 0 Å². The first kappa shape index (κ1) is 16.4. The highest BCUT2D eigenvalue weighted by atomic mass is 16.2. The predicted molar refractivity (Wildman–Crippen MR) is 94.0 cm³/mol. The Kier molecular flexibility index (Phi) is 5.06. The van der Waals surface area contributed by atoms with E-state index in [2.05, 4.69) is 5.32 Å². The number of nitrogens with one attached hydrogen (secondary N) is 1. The van der Waals surface area contributed by atoms with Crippen molar-refractivity contribution < 1.29 is 9.59 Å². The number of carbonyl (C=O) groups excluding carboxylic acids is 2. The number of ketones is 1. The van der Waals surface area contributed by atoms with Gasteiger partial charge in [0, 0.05) is 17.2 Å². The fourth-order valence-corrected chi connectivity index (χ4v) is 3.38. The van der Waals surface area contributed by atoms with Crippen molar-refractivity contribution in [2.75, 3.05) is 6.54 Å². The molecule has 2 aromatic rings. The lowest BCUT2D eigenvalue weighted by Gasteiger charge is -2.20. The van der Waals surface area contributed by atoms with Crippen molar-refractivity contribution in [1.82, 2.24) is 5.32 Å². The van der Waals surface area contributed by atoms with Gasteiger partial charge in [0.1, 0.15) is 0 Å². The summed E-state index contributed by atoms with van der Waals surface area (Å²) in [7, 11) is 0. The van der Waals surface area contributed by atoms with Crippen LogP contribution >= 0.6 is 0 Å². The summed E-state index contributed by atoms with van der Waals surface area (Å²) in [5.41, 5.74) is 7.23. The van der Waals surface area contributed by atoms with Gasteiger partial charge in [0.2, 0.25) is 0 Å². The van der Waals surface area contributed by atoms with E-state index in [1.165, 1.54) is 0 Å². The van der Waals surface area contributed by atoms with Crippen LogP contribution < -0.4 is 11.1 Å². The predicted octanol–water partition coefficient (Wildman–Crippen LogP) is 2.77. The van der Waals surface area contributed by atoms with Crippen LogP contribution in [-0.4, -0.2) is 24.3 Å². The highest BCUT2D eigenvalue weighted by Gasteiger charge is 2.28. The standard InChI is InChI=1S/C20H22N2O2/c21-13-15-9-6-12-18(15)22-20(24)17-11-5-4-10-16(17)19(23)14-7-2-1-3-8-14/h1-5,7-8,10-11,15,18H,6,9,12-13,21H2,(H,22,24). The maximum Gasteiger partial charge on any atom is 0.252 e. The fraction of sp³-hybridized carbons (Fsp3) is 0.300. The monoisotopic (exact) mass is 322 g/mol. The van der Waals surface area contributed by atoms with E-state index in [1.54, 1.807) is 36.4 Å². The summed E-state index contributed by atoms with van der Waals surface area (Å²) in [5, 5.41) is 3.07. The van der Waals surface area contributed by atoms with Gasteiger partial charge >= 0.3 is 0 Å². The van der Waals surface area contributed by atoms with Crippen LogP contribution in [0.3, 0.4) is 0 Å². The quantitative estimate of drug-likeness (QED) is 0.832. The highest BCUT2D eigenvalue weighted by Crippen LogP contribution is 2.25. The first-order chi connectivity index (χ1) is 11.7. The molecule has 0 aliphatic heterocycles. The largest absolute Gasteiger partial charge is 0.349 e. The first-order valence-electron chi connectivity index (χ1n) is 8.40. The molecule has 3 N–H and O–H groups in total. The minimum atomic E-state index is -0.194. The van der Waals surface area contributed by atoms with Crippen molar-refractivity contribution in [2.24, 2.45) is 11.7 Å². The second kappa shape index (κ2) is 7.41. The van der Waals surface area contributed by atoms with Gasteiger partial charge in [-0.05, 0) is 31.4 Å². The minimum absolute atomic E-state index is 0.0994. The van der Waals surface area contributed by atoms with E-state index in [0.717, 1.165) is 19.3 Å². The lowest BCUT2D eigenvalue weighted by molar-refractivity contribution is 0.0919. The van der Waals surface area contributed by atoms with Crippen molar-refractivity contribution in [1.29, 1.82) is 0 Å². The summed E-state index contributed by atoms with van der Waals surface area (Å²) in [5.74, 6) is -0.00526. The van der Waals surface area contributed by atoms with Gasteiger partial charge in [-0.1, -0.05) is 55.0 Å². The molecule has 0 radical (unpaired) electrons. The molecule has 3 rings (SSSR count). The van der Waals surface area contributed by atoms with Crippen molar-refractivity contribution >= 4 is 11.7 Å². The Bertz CT molecular complexity index is 727. The highest BCUT2D eigenvalue weighted by molar-refractivity contribution is 6.15. The zero-order chi connectivity index (χ0) is 16.9. The van der Waals surface area contributed by atoms with E-state index in [9.17, 15) is 9.59 Å². The summed E-state index contributed by atoms with van der Waals surface area (Å²) in [6, 6.07) is 16.1. The van der Waals surface area contributed by atoms with Gasteiger partial charge in [0.05, 0.1) is 5.56 Å². The van der Waals surface area contributed by atoms with E-state index in [0.29, 0.717) is 29.2 Å². The number of hydrogen-bond acceptors (Lipinski definition) is 3. The molecule has 2 unspecified atom stereocenters. The van der Waals surface area contributed by atoms with Crippen LogP contribution in [0, 0.1) is 5.92 Å². The van der Waals surface area contributed by atoms with E-state index in [4.69, 9.17) is 5.73 Å². The number of rotatable bonds is 5. The van der Waals surface area contributed by atoms with Crippen LogP contribution in [-0.2, 0) is 0 Å². The Labute approximate surface area is 142 Å². The third-order valence-electron chi connectivity index (χ3n) is 4.73. The van der Waals surface area contributed by atoms with Gasteiger partial charge in [-0.3, -0.25) is 9.59 Å². The number of amides is 1. The van der Waals surface area contributed by atoms with Gasteiger partial charge in [-0.25, -0.2) is 0 Å². The minimum Gasteiger partial charge on any atom is -0.349 e. The van der Waals surface area contributed by atoms with Crippen LogP contribution in [0.4, 0.5) is 0 Å². The molecule has 0 bridgehead atoms. The Morgan fingerprint density at radius 3 is 2.33 bits per heavy atom. The van der Waals surface area contributed by atoms with Gasteiger partial charge in [-0.15, -0.1) is 0 Å². The molecule has 4 nitrogen and oxygen atoms in total. The van der Waals surface area contributed by atoms with Crippen LogP contribution in [0.25, 0.3) is 0 Å². The molecule has 2 aromatic carbocycles. The molecule has 1 aliphatic carbocycles. The van der Waals surface area contributed by atoms with E-state index >= 15 is 0 Å². The molecule has 0 spiro atoms. The molecule has 4 heteroatoms. The Balaban J connectivity index is 1.84. The molecular formula is C20H22N2O2. The molecule has 2 atom stereocenters. The molecule has 0 heterocycles. The van der Waals surface area contributed by atoms with Gasteiger partial charge < -0.3 is 11.1 Å². The van der Waals surface area contributed by atoms with Gasteiger partial charge in [0.15, 0.2) is 5.78 Å². The normalized spacial score (nSPS) is 19.9. The van der Waals surface area contributed by atoms with Crippen molar-refractivity contribution in [3.63, 3.8) is 0 Å². The maximum atomic E-state index is 12.7. The average molecular weight is 322 g/mol. The van der Waals surface area contributed by atoms with E-state index in [1.807, 2.05) is 18.2 Å². The molecule has 1 amide bonds. The summed E-state index contributed by atoms with van der Waals surface area (Å²) in [4.78, 5) is 25.4. The lowest BCUT2D eigenvalue weighted by atomic mass is 9.97. The number of carbonyl (C=O) groups is 2. The second-order valence-electron chi connectivity index (χ2n) is 6.25. The Morgan fingerprint density at radius 2 is 1.62 bits per heavy atom. The fourth-order valence-electron chi connectivity index (χ4n) is 3.38. The van der Waals surface area contributed by atoms with Crippen LogP contribution in [0.5, 0.6) is 0 Å². The van der Waals surface area contributed by atoms with Crippen molar-refractivity contribution in [3.8, 4) is 0 Å². The topological polar surface area (TPSA) is 72.2 Å². The first-order valence-corrected chi connectivity index (χ1v) is 8.40. The molecular weight excluding hydrogens is 300 g/mol. The zero-order valence-electron chi connectivity index (χ0n) is 13.6. The molecule has 0 saturated heterocycles. The molecule has 1 aliphatic rings. The second-order valence-corrected chi connectivity index (χ2v) is 6.25. The summed E-state index contributed by atoms with van der Waals surface area (Å²) >= 11 is 0. The third-order valence-corrected chi connectivity index (χ3v) is 4.73. The van der Waals surface area contributed by atoms with Crippen LogP contribution in [0.1, 0.15) is 45.5 Å².